The van der Waals surface area contributed by atoms with Crippen LogP contribution in [0, 0.1) is 6.92 Å². The third kappa shape index (κ3) is 4.33. The molecule has 1 saturated heterocycles. The Balaban J connectivity index is 0.00000200. The van der Waals surface area contributed by atoms with Crippen molar-refractivity contribution in [2.45, 2.75) is 19.4 Å². The fourth-order valence-corrected chi connectivity index (χ4v) is 2.15. The quantitative estimate of drug-likeness (QED) is 0.849. The number of halogens is 1. The number of anilines is 1. The molecule has 2 heterocycles. The monoisotopic (exact) mass is 301 g/mol. The van der Waals surface area contributed by atoms with Crippen molar-refractivity contribution in [3.63, 3.8) is 0 Å². The SMILES string of the molecule is Cc1cc(NC(=O)CC2COCCN2)c(=O)n(C)c1.Cl. The van der Waals surface area contributed by atoms with Gasteiger partial charge in [-0.2, -0.15) is 0 Å². The van der Waals surface area contributed by atoms with Gasteiger partial charge in [-0.3, -0.25) is 9.59 Å². The highest BCUT2D eigenvalue weighted by atomic mass is 35.5. The van der Waals surface area contributed by atoms with Crippen LogP contribution in [0.5, 0.6) is 0 Å². The lowest BCUT2D eigenvalue weighted by Gasteiger charge is -2.23. The minimum atomic E-state index is -0.202. The second-order valence-corrected chi connectivity index (χ2v) is 4.83. The van der Waals surface area contributed by atoms with E-state index in [0.717, 1.165) is 12.1 Å². The summed E-state index contributed by atoms with van der Waals surface area (Å²) in [6.45, 7) is 3.84. The highest BCUT2D eigenvalue weighted by molar-refractivity contribution is 5.91. The topological polar surface area (TPSA) is 72.4 Å². The largest absolute Gasteiger partial charge is 0.378 e. The molecule has 1 aromatic heterocycles. The van der Waals surface area contributed by atoms with E-state index in [9.17, 15) is 9.59 Å². The highest BCUT2D eigenvalue weighted by Gasteiger charge is 2.17. The number of rotatable bonds is 3. The van der Waals surface area contributed by atoms with Gasteiger partial charge in [-0.1, -0.05) is 0 Å². The summed E-state index contributed by atoms with van der Waals surface area (Å²) in [7, 11) is 1.67. The van der Waals surface area contributed by atoms with Gasteiger partial charge in [-0.05, 0) is 18.6 Å². The van der Waals surface area contributed by atoms with Crippen molar-refractivity contribution in [3.05, 3.63) is 28.2 Å². The molecular formula is C13H20ClN3O3. The van der Waals surface area contributed by atoms with Crippen molar-refractivity contribution in [2.75, 3.05) is 25.1 Å². The summed E-state index contributed by atoms with van der Waals surface area (Å²) in [5.74, 6) is -0.175. The Labute approximate surface area is 123 Å². The molecule has 1 aliphatic heterocycles. The van der Waals surface area contributed by atoms with E-state index in [0.29, 0.717) is 25.3 Å². The van der Waals surface area contributed by atoms with Crippen molar-refractivity contribution >= 4 is 24.0 Å². The Morgan fingerprint density at radius 1 is 1.60 bits per heavy atom. The van der Waals surface area contributed by atoms with E-state index in [4.69, 9.17) is 4.74 Å². The van der Waals surface area contributed by atoms with Crippen LogP contribution in [-0.2, 0) is 16.6 Å². The third-order valence-corrected chi connectivity index (χ3v) is 3.02. The number of carbonyl (C=O) groups excluding carboxylic acids is 1. The van der Waals surface area contributed by atoms with Crippen LogP contribution in [0.3, 0.4) is 0 Å². The first-order chi connectivity index (χ1) is 9.06. The Hall–Kier alpha value is -1.37. The maximum absolute atomic E-state index is 11.9. The van der Waals surface area contributed by atoms with Gasteiger partial charge >= 0.3 is 0 Å². The van der Waals surface area contributed by atoms with Crippen LogP contribution in [0.2, 0.25) is 0 Å². The van der Waals surface area contributed by atoms with E-state index in [-0.39, 0.29) is 29.9 Å². The minimum Gasteiger partial charge on any atom is -0.378 e. The van der Waals surface area contributed by atoms with Crippen LogP contribution in [0.15, 0.2) is 17.1 Å². The summed E-state index contributed by atoms with van der Waals surface area (Å²) >= 11 is 0. The van der Waals surface area contributed by atoms with Gasteiger partial charge in [-0.15, -0.1) is 12.4 Å². The second kappa shape index (κ2) is 7.42. The molecule has 0 radical (unpaired) electrons. The average Bonchev–Trinajstić information content (AvgIpc) is 2.36. The molecule has 0 aromatic carbocycles. The lowest BCUT2D eigenvalue weighted by Crippen LogP contribution is -2.43. The van der Waals surface area contributed by atoms with Crippen LogP contribution >= 0.6 is 12.4 Å². The normalized spacial score (nSPS) is 18.2. The van der Waals surface area contributed by atoms with E-state index in [1.807, 2.05) is 6.92 Å². The molecule has 2 N–H and O–H groups in total. The van der Waals surface area contributed by atoms with Gasteiger partial charge in [0.15, 0.2) is 0 Å². The number of amides is 1. The van der Waals surface area contributed by atoms with Crippen LogP contribution < -0.4 is 16.2 Å². The second-order valence-electron chi connectivity index (χ2n) is 4.83. The standard InChI is InChI=1S/C13H19N3O3.ClH/c1-9-5-11(13(18)16(2)7-9)15-12(17)6-10-8-19-4-3-14-10;/h5,7,10,14H,3-4,6,8H2,1-2H3,(H,15,17);1H. The van der Waals surface area contributed by atoms with Gasteiger partial charge < -0.3 is 19.9 Å². The minimum absolute atomic E-state index is 0. The molecule has 20 heavy (non-hydrogen) atoms. The maximum atomic E-state index is 11.9. The molecule has 0 saturated carbocycles. The highest BCUT2D eigenvalue weighted by Crippen LogP contribution is 2.06. The molecule has 0 bridgehead atoms. The van der Waals surface area contributed by atoms with Crippen LogP contribution in [0.1, 0.15) is 12.0 Å². The molecule has 1 atom stereocenters. The number of hydrogen-bond donors (Lipinski definition) is 2. The number of carbonyl (C=O) groups is 1. The predicted octanol–water partition coefficient (Wildman–Crippen LogP) is 0.433. The lowest BCUT2D eigenvalue weighted by molar-refractivity contribution is -0.117. The Bertz CT molecular complexity index is 524. The number of nitrogens with one attached hydrogen (secondary N) is 2. The maximum Gasteiger partial charge on any atom is 0.274 e. The van der Waals surface area contributed by atoms with Gasteiger partial charge in [0.05, 0.1) is 13.2 Å². The van der Waals surface area contributed by atoms with Crippen LogP contribution in [-0.4, -0.2) is 36.3 Å². The molecule has 1 aromatic rings. The molecular weight excluding hydrogens is 282 g/mol. The van der Waals surface area contributed by atoms with Gasteiger partial charge in [0.2, 0.25) is 5.91 Å². The molecule has 2 rings (SSSR count). The number of aromatic nitrogens is 1. The molecule has 0 aliphatic carbocycles. The van der Waals surface area contributed by atoms with Crippen molar-refractivity contribution in [2.24, 2.45) is 7.05 Å². The third-order valence-electron chi connectivity index (χ3n) is 3.02. The summed E-state index contributed by atoms with van der Waals surface area (Å²) in [4.78, 5) is 23.8. The molecule has 0 spiro atoms. The summed E-state index contributed by atoms with van der Waals surface area (Å²) in [5, 5.41) is 5.88. The van der Waals surface area contributed by atoms with E-state index in [2.05, 4.69) is 10.6 Å². The first-order valence-electron chi connectivity index (χ1n) is 6.34. The van der Waals surface area contributed by atoms with E-state index in [1.165, 1.54) is 4.57 Å². The van der Waals surface area contributed by atoms with Gasteiger partial charge in [-0.25, -0.2) is 0 Å². The molecule has 112 valence electrons. The van der Waals surface area contributed by atoms with Gasteiger partial charge in [0.1, 0.15) is 5.69 Å². The van der Waals surface area contributed by atoms with Gasteiger partial charge in [0.25, 0.3) is 5.56 Å². The number of hydrogen-bond acceptors (Lipinski definition) is 4. The zero-order valence-corrected chi connectivity index (χ0v) is 12.5. The van der Waals surface area contributed by atoms with Gasteiger partial charge in [0, 0.05) is 32.3 Å². The van der Waals surface area contributed by atoms with E-state index < -0.39 is 0 Å². The predicted molar refractivity (Wildman–Crippen MR) is 79.5 cm³/mol. The van der Waals surface area contributed by atoms with E-state index >= 15 is 0 Å². The molecule has 7 heteroatoms. The summed E-state index contributed by atoms with van der Waals surface area (Å²) in [5.41, 5.74) is 1.05. The fourth-order valence-electron chi connectivity index (χ4n) is 2.15. The Morgan fingerprint density at radius 3 is 3.00 bits per heavy atom. The average molecular weight is 302 g/mol. The zero-order chi connectivity index (χ0) is 13.8. The number of nitrogens with zero attached hydrogens (tertiary/aromatic N) is 1. The van der Waals surface area contributed by atoms with Crippen molar-refractivity contribution in [1.82, 2.24) is 9.88 Å². The summed E-state index contributed by atoms with van der Waals surface area (Å²) in [6, 6.07) is 1.70. The van der Waals surface area contributed by atoms with E-state index in [1.54, 1.807) is 19.3 Å². The summed E-state index contributed by atoms with van der Waals surface area (Å²) < 4.78 is 6.75. The van der Waals surface area contributed by atoms with Crippen molar-refractivity contribution in [1.29, 1.82) is 0 Å². The summed E-state index contributed by atoms with van der Waals surface area (Å²) in [6.07, 6.45) is 2.03. The Kier molecular flexibility index (Phi) is 6.19. The van der Waals surface area contributed by atoms with Crippen molar-refractivity contribution < 1.29 is 9.53 Å². The molecule has 1 fully saturated rings. The number of morpholine rings is 1. The molecule has 6 nitrogen and oxygen atoms in total. The smallest absolute Gasteiger partial charge is 0.274 e. The molecule has 1 unspecified atom stereocenters. The lowest BCUT2D eigenvalue weighted by atomic mass is 10.2. The molecule has 1 aliphatic rings. The molecule has 1 amide bonds. The first kappa shape index (κ1) is 16.7. The number of pyridine rings is 1. The first-order valence-corrected chi connectivity index (χ1v) is 6.34. The number of ether oxygens (including phenoxy) is 1. The van der Waals surface area contributed by atoms with Crippen LogP contribution in [0.4, 0.5) is 5.69 Å². The fraction of sp³-hybridized carbons (Fsp3) is 0.538. The van der Waals surface area contributed by atoms with Crippen molar-refractivity contribution in [3.8, 4) is 0 Å². The number of aryl methyl sites for hydroxylation is 2. The Morgan fingerprint density at radius 2 is 2.35 bits per heavy atom. The zero-order valence-electron chi connectivity index (χ0n) is 11.6. The van der Waals surface area contributed by atoms with Crippen LogP contribution in [0.25, 0.3) is 0 Å².